The van der Waals surface area contributed by atoms with Gasteiger partial charge in [-0.3, -0.25) is 5.32 Å². The van der Waals surface area contributed by atoms with Crippen LogP contribution < -0.4 is 5.32 Å². The van der Waals surface area contributed by atoms with Crippen molar-refractivity contribution in [1.82, 2.24) is 5.32 Å². The highest BCUT2D eigenvalue weighted by atomic mass is 35.5. The second-order valence-corrected chi connectivity index (χ2v) is 4.53. The van der Waals surface area contributed by atoms with Gasteiger partial charge in [-0.1, -0.05) is 29.8 Å². The monoisotopic (exact) mass is 283 g/mol. The SMILES string of the molecule is O=C1OC2NCCOC2(c2ccccc2Cl)OC1=O. The summed E-state index contributed by atoms with van der Waals surface area (Å²) in [5.41, 5.74) is 0.440. The van der Waals surface area contributed by atoms with Crippen LogP contribution in [0, 0.1) is 0 Å². The van der Waals surface area contributed by atoms with Crippen molar-refractivity contribution in [2.24, 2.45) is 0 Å². The van der Waals surface area contributed by atoms with Gasteiger partial charge in [0, 0.05) is 12.1 Å². The minimum Gasteiger partial charge on any atom is -0.430 e. The fourth-order valence-corrected chi connectivity index (χ4v) is 2.42. The molecule has 6 nitrogen and oxygen atoms in total. The molecule has 0 bridgehead atoms. The van der Waals surface area contributed by atoms with Crippen LogP contribution in [-0.4, -0.2) is 31.3 Å². The lowest BCUT2D eigenvalue weighted by molar-refractivity contribution is -0.318. The van der Waals surface area contributed by atoms with Crippen LogP contribution in [-0.2, 0) is 29.6 Å². The van der Waals surface area contributed by atoms with E-state index in [1.165, 1.54) is 0 Å². The number of halogens is 1. The van der Waals surface area contributed by atoms with Gasteiger partial charge in [-0.05, 0) is 6.07 Å². The van der Waals surface area contributed by atoms with E-state index < -0.39 is 24.0 Å². The molecule has 2 aliphatic heterocycles. The third-order valence-electron chi connectivity index (χ3n) is 2.98. The van der Waals surface area contributed by atoms with E-state index in [1.54, 1.807) is 24.3 Å². The first-order valence-electron chi connectivity index (χ1n) is 5.70. The molecule has 2 fully saturated rings. The molecular formula is C12H10ClNO5. The second-order valence-electron chi connectivity index (χ2n) is 4.12. The van der Waals surface area contributed by atoms with Gasteiger partial charge < -0.3 is 14.2 Å². The van der Waals surface area contributed by atoms with Gasteiger partial charge in [0.25, 0.3) is 5.79 Å². The first-order valence-corrected chi connectivity index (χ1v) is 6.07. The first kappa shape index (κ1) is 12.4. The lowest BCUT2D eigenvalue weighted by atomic mass is 10.0. The van der Waals surface area contributed by atoms with Crippen molar-refractivity contribution < 1.29 is 23.8 Å². The minimum atomic E-state index is -1.53. The number of benzene rings is 1. The molecule has 0 spiro atoms. The zero-order chi connectivity index (χ0) is 13.5. The van der Waals surface area contributed by atoms with Crippen LogP contribution in [0.4, 0.5) is 0 Å². The Labute approximate surface area is 113 Å². The Bertz CT molecular complexity index is 549. The lowest BCUT2D eigenvalue weighted by Crippen LogP contribution is -2.63. The van der Waals surface area contributed by atoms with E-state index >= 15 is 0 Å². The Balaban J connectivity index is 2.09. The topological polar surface area (TPSA) is 73.9 Å². The van der Waals surface area contributed by atoms with Crippen molar-refractivity contribution in [1.29, 1.82) is 0 Å². The van der Waals surface area contributed by atoms with Crippen LogP contribution in [0.3, 0.4) is 0 Å². The minimum absolute atomic E-state index is 0.298. The molecule has 2 heterocycles. The first-order chi connectivity index (χ1) is 9.13. The normalized spacial score (nSPS) is 30.3. The summed E-state index contributed by atoms with van der Waals surface area (Å²) < 4.78 is 15.8. The summed E-state index contributed by atoms with van der Waals surface area (Å²) in [5.74, 6) is -3.67. The largest absolute Gasteiger partial charge is 0.430 e. The van der Waals surface area contributed by atoms with Crippen LogP contribution >= 0.6 is 11.6 Å². The fourth-order valence-electron chi connectivity index (χ4n) is 2.16. The molecule has 0 amide bonds. The smallest absolute Gasteiger partial charge is 0.420 e. The van der Waals surface area contributed by atoms with Gasteiger partial charge >= 0.3 is 11.9 Å². The van der Waals surface area contributed by atoms with Gasteiger partial charge in [0.05, 0.1) is 11.6 Å². The maximum atomic E-state index is 11.5. The van der Waals surface area contributed by atoms with Crippen LogP contribution in [0.2, 0.25) is 5.02 Å². The molecule has 2 atom stereocenters. The molecule has 2 saturated heterocycles. The number of hydrogen-bond acceptors (Lipinski definition) is 6. The standard InChI is InChI=1S/C12H10ClNO5/c13-8-4-2-1-3-7(8)12-11(14-5-6-17-12)18-9(15)10(16)19-12/h1-4,11,14H,5-6H2. The molecule has 7 heteroatoms. The van der Waals surface area contributed by atoms with Crippen LogP contribution in [0.25, 0.3) is 0 Å². The number of nitrogens with one attached hydrogen (secondary N) is 1. The molecule has 1 aromatic rings. The van der Waals surface area contributed by atoms with Gasteiger partial charge in [0.1, 0.15) is 0 Å². The summed E-state index contributed by atoms with van der Waals surface area (Å²) in [6, 6.07) is 6.78. The summed E-state index contributed by atoms with van der Waals surface area (Å²) in [6.07, 6.45) is -0.911. The number of rotatable bonds is 1. The Morgan fingerprint density at radius 1 is 1.26 bits per heavy atom. The molecular weight excluding hydrogens is 274 g/mol. The van der Waals surface area contributed by atoms with Crippen molar-refractivity contribution in [2.75, 3.05) is 13.2 Å². The van der Waals surface area contributed by atoms with Crippen molar-refractivity contribution in [2.45, 2.75) is 12.0 Å². The predicted octanol–water partition coefficient (Wildman–Crippen LogP) is 0.539. The molecule has 0 radical (unpaired) electrons. The maximum Gasteiger partial charge on any atom is 0.420 e. The second kappa shape index (κ2) is 4.48. The number of esters is 2. The van der Waals surface area contributed by atoms with Crippen LogP contribution in [0.5, 0.6) is 0 Å². The zero-order valence-corrected chi connectivity index (χ0v) is 10.5. The quantitative estimate of drug-likeness (QED) is 0.599. The number of carbonyl (C=O) groups excluding carboxylic acids is 2. The summed E-state index contributed by atoms with van der Waals surface area (Å²) in [4.78, 5) is 22.8. The van der Waals surface area contributed by atoms with Gasteiger partial charge in [-0.15, -0.1) is 0 Å². The summed E-state index contributed by atoms with van der Waals surface area (Å²) in [5, 5.41) is 3.30. The highest BCUT2D eigenvalue weighted by molar-refractivity contribution is 6.32. The molecule has 0 aromatic heterocycles. The third-order valence-corrected chi connectivity index (χ3v) is 3.31. The molecule has 0 saturated carbocycles. The summed E-state index contributed by atoms with van der Waals surface area (Å²) >= 11 is 6.12. The lowest BCUT2D eigenvalue weighted by Gasteiger charge is -2.44. The van der Waals surface area contributed by atoms with Crippen molar-refractivity contribution in [3.05, 3.63) is 34.9 Å². The molecule has 19 heavy (non-hydrogen) atoms. The number of morpholine rings is 1. The molecule has 2 aliphatic rings. The summed E-state index contributed by atoms with van der Waals surface area (Å²) in [6.45, 7) is 0.772. The van der Waals surface area contributed by atoms with Crippen LogP contribution in [0.1, 0.15) is 5.56 Å². The van der Waals surface area contributed by atoms with E-state index in [2.05, 4.69) is 5.32 Å². The zero-order valence-electron chi connectivity index (χ0n) is 9.72. The molecule has 1 N–H and O–H groups in total. The predicted molar refractivity (Wildman–Crippen MR) is 63.1 cm³/mol. The van der Waals surface area contributed by atoms with Crippen molar-refractivity contribution in [3.8, 4) is 0 Å². The van der Waals surface area contributed by atoms with Gasteiger partial charge in [0.2, 0.25) is 6.23 Å². The van der Waals surface area contributed by atoms with Gasteiger partial charge in [-0.2, -0.15) is 0 Å². The van der Waals surface area contributed by atoms with Crippen molar-refractivity contribution in [3.63, 3.8) is 0 Å². The molecule has 2 unspecified atom stereocenters. The van der Waals surface area contributed by atoms with Gasteiger partial charge in [-0.25, -0.2) is 9.59 Å². The number of hydrogen-bond donors (Lipinski definition) is 1. The number of carbonyl (C=O) groups is 2. The number of ether oxygens (including phenoxy) is 3. The number of fused-ring (bicyclic) bond motifs is 1. The van der Waals surface area contributed by atoms with Crippen molar-refractivity contribution >= 4 is 23.5 Å². The third kappa shape index (κ3) is 1.88. The Kier molecular flexibility index (Phi) is 2.93. The average Bonchev–Trinajstić information content (AvgIpc) is 2.40. The fraction of sp³-hybridized carbons (Fsp3) is 0.333. The molecule has 0 aliphatic carbocycles. The Morgan fingerprint density at radius 2 is 2.05 bits per heavy atom. The average molecular weight is 284 g/mol. The molecule has 3 rings (SSSR count). The highest BCUT2D eigenvalue weighted by Gasteiger charge is 2.56. The van der Waals surface area contributed by atoms with Crippen LogP contribution in [0.15, 0.2) is 24.3 Å². The highest BCUT2D eigenvalue weighted by Crippen LogP contribution is 2.39. The van der Waals surface area contributed by atoms with E-state index in [1.807, 2.05) is 0 Å². The van der Waals surface area contributed by atoms with E-state index in [0.717, 1.165) is 0 Å². The molecule has 1 aromatic carbocycles. The Hall–Kier alpha value is -1.63. The van der Waals surface area contributed by atoms with E-state index in [9.17, 15) is 9.59 Å². The van der Waals surface area contributed by atoms with E-state index in [4.69, 9.17) is 25.8 Å². The van der Waals surface area contributed by atoms with E-state index in [-0.39, 0.29) is 0 Å². The summed E-state index contributed by atoms with van der Waals surface area (Å²) in [7, 11) is 0. The molecule has 100 valence electrons. The van der Waals surface area contributed by atoms with Gasteiger partial charge in [0.15, 0.2) is 0 Å². The Morgan fingerprint density at radius 3 is 2.84 bits per heavy atom. The maximum absolute atomic E-state index is 11.5. The van der Waals surface area contributed by atoms with E-state index in [0.29, 0.717) is 23.7 Å².